The van der Waals surface area contributed by atoms with Crippen LogP contribution in [-0.2, 0) is 11.2 Å². The normalized spacial score (nSPS) is 13.7. The molecule has 0 spiro atoms. The summed E-state index contributed by atoms with van der Waals surface area (Å²) >= 11 is -1.53. The van der Waals surface area contributed by atoms with Crippen molar-refractivity contribution in [2.45, 2.75) is 17.4 Å². The first-order chi connectivity index (χ1) is 10.5. The predicted molar refractivity (Wildman–Crippen MR) is 77.0 cm³/mol. The molecule has 0 aromatic heterocycles. The maximum absolute atomic E-state index is 12.5. The molecule has 0 aliphatic heterocycles. The summed E-state index contributed by atoms with van der Waals surface area (Å²) in [6, 6.07) is 7.69. The molecule has 0 fully saturated rings. The van der Waals surface area contributed by atoms with Crippen molar-refractivity contribution in [2.24, 2.45) is 0 Å². The summed E-state index contributed by atoms with van der Waals surface area (Å²) in [6.07, 6.45) is -0.396. The van der Waals surface area contributed by atoms with Crippen molar-refractivity contribution in [3.8, 4) is 0 Å². The second kappa shape index (κ2) is 8.00. The second-order valence-electron chi connectivity index (χ2n) is 4.15. The number of aliphatic carboxylic acids is 1. The van der Waals surface area contributed by atoms with Gasteiger partial charge in [0, 0.05) is 17.1 Å². The highest BCUT2D eigenvalue weighted by molar-refractivity contribution is 8.06. The van der Waals surface area contributed by atoms with Crippen LogP contribution in [0.4, 0.5) is 26.3 Å². The number of carboxylic acids is 1. The molecular formula is C13H10F6O2S2. The van der Waals surface area contributed by atoms with Gasteiger partial charge in [-0.3, -0.25) is 0 Å². The van der Waals surface area contributed by atoms with Gasteiger partial charge >= 0.3 is 17.0 Å². The van der Waals surface area contributed by atoms with E-state index in [1.54, 1.807) is 18.2 Å². The molecule has 128 valence electrons. The highest BCUT2D eigenvalue weighted by Gasteiger charge is 2.36. The van der Waals surface area contributed by atoms with E-state index in [0.717, 1.165) is 0 Å². The molecule has 23 heavy (non-hydrogen) atoms. The molecule has 0 saturated carbocycles. The van der Waals surface area contributed by atoms with Gasteiger partial charge in [0.05, 0.1) is 5.57 Å². The Bertz CT molecular complexity index is 566. The number of rotatable bonds is 6. The van der Waals surface area contributed by atoms with Crippen molar-refractivity contribution in [2.75, 3.05) is 5.75 Å². The third kappa shape index (κ3) is 8.21. The van der Waals surface area contributed by atoms with Crippen molar-refractivity contribution in [1.82, 2.24) is 0 Å². The van der Waals surface area contributed by atoms with Crippen LogP contribution >= 0.6 is 23.5 Å². The van der Waals surface area contributed by atoms with E-state index in [4.69, 9.17) is 5.11 Å². The van der Waals surface area contributed by atoms with Crippen molar-refractivity contribution in [1.29, 1.82) is 0 Å². The highest BCUT2D eigenvalue weighted by Crippen LogP contribution is 2.42. The van der Waals surface area contributed by atoms with Crippen molar-refractivity contribution in [3.05, 3.63) is 46.4 Å². The first-order valence-electron chi connectivity index (χ1n) is 5.93. The molecule has 0 amide bonds. The molecule has 10 heteroatoms. The number of hydrogen-bond donors (Lipinski definition) is 1. The molecular weight excluding hydrogens is 366 g/mol. The zero-order valence-electron chi connectivity index (χ0n) is 11.2. The lowest BCUT2D eigenvalue weighted by Crippen LogP contribution is -2.13. The molecule has 1 aromatic rings. The summed E-state index contributed by atoms with van der Waals surface area (Å²) in [5.41, 5.74) is -9.94. The Labute approximate surface area is 135 Å². The number of halogens is 6. The Balaban J connectivity index is 3.15. The van der Waals surface area contributed by atoms with Crippen LogP contribution in [0.2, 0.25) is 0 Å². The molecule has 0 bridgehead atoms. The summed E-state index contributed by atoms with van der Waals surface area (Å²) < 4.78 is 74.3. The molecule has 1 N–H and O–H groups in total. The summed E-state index contributed by atoms with van der Waals surface area (Å²) in [4.78, 5) is 10.4. The van der Waals surface area contributed by atoms with Crippen molar-refractivity contribution < 1.29 is 36.2 Å². The van der Waals surface area contributed by atoms with Gasteiger partial charge in [0.25, 0.3) is 0 Å². The van der Waals surface area contributed by atoms with Crippen LogP contribution in [0.5, 0.6) is 0 Å². The zero-order chi connectivity index (χ0) is 17.7. The first kappa shape index (κ1) is 19.8. The van der Waals surface area contributed by atoms with Crippen molar-refractivity contribution in [3.63, 3.8) is 0 Å². The average molecular weight is 376 g/mol. The average Bonchev–Trinajstić information content (AvgIpc) is 2.40. The fourth-order valence-corrected chi connectivity index (χ4v) is 3.00. The van der Waals surface area contributed by atoms with Crippen LogP contribution in [0.15, 0.2) is 40.8 Å². The van der Waals surface area contributed by atoms with Crippen LogP contribution in [0, 0.1) is 0 Å². The Kier molecular flexibility index (Phi) is 6.87. The van der Waals surface area contributed by atoms with Gasteiger partial charge in [-0.05, 0) is 29.1 Å². The predicted octanol–water partition coefficient (Wildman–Crippen LogP) is 5.07. The van der Waals surface area contributed by atoms with E-state index in [0.29, 0.717) is 5.56 Å². The molecule has 1 aromatic carbocycles. The number of thioether (sulfide) groups is 2. The fraction of sp³-hybridized carbons (Fsp3) is 0.308. The van der Waals surface area contributed by atoms with Crippen LogP contribution < -0.4 is 0 Å². The number of hydrogen-bond acceptors (Lipinski definition) is 3. The summed E-state index contributed by atoms with van der Waals surface area (Å²) in [7, 11) is 0. The molecule has 0 aliphatic carbocycles. The summed E-state index contributed by atoms with van der Waals surface area (Å²) in [6.45, 7) is 0. The first-order valence-corrected chi connectivity index (χ1v) is 7.74. The Morgan fingerprint density at radius 1 is 1.00 bits per heavy atom. The minimum absolute atomic E-state index is 0.391. The maximum atomic E-state index is 12.5. The van der Waals surface area contributed by atoms with Gasteiger partial charge in [-0.25, -0.2) is 4.79 Å². The smallest absolute Gasteiger partial charge is 0.446 e. The molecule has 0 unspecified atom stereocenters. The lowest BCUT2D eigenvalue weighted by molar-refractivity contribution is -0.132. The minimum Gasteiger partial charge on any atom is -0.478 e. The van der Waals surface area contributed by atoms with Gasteiger partial charge in [-0.15, -0.1) is 0 Å². The van der Waals surface area contributed by atoms with E-state index >= 15 is 0 Å². The number of alkyl halides is 6. The minimum atomic E-state index is -4.88. The van der Waals surface area contributed by atoms with Gasteiger partial charge in [0.2, 0.25) is 0 Å². The zero-order valence-corrected chi connectivity index (χ0v) is 12.9. The lowest BCUT2D eigenvalue weighted by Gasteiger charge is -2.15. The molecule has 0 aliphatic rings. The van der Waals surface area contributed by atoms with Gasteiger partial charge < -0.3 is 5.11 Å². The van der Waals surface area contributed by atoms with E-state index < -0.39 is 63.2 Å². The molecule has 2 nitrogen and oxygen atoms in total. The van der Waals surface area contributed by atoms with Crippen molar-refractivity contribution >= 4 is 29.5 Å². The Hall–Kier alpha value is -1.29. The third-order valence-corrected chi connectivity index (χ3v) is 4.24. The van der Waals surface area contributed by atoms with E-state index in [-0.39, 0.29) is 0 Å². The van der Waals surface area contributed by atoms with Crippen LogP contribution in [-0.4, -0.2) is 27.8 Å². The molecule has 0 radical (unpaired) electrons. The fourth-order valence-electron chi connectivity index (χ4n) is 1.56. The van der Waals surface area contributed by atoms with Crippen LogP contribution in [0.25, 0.3) is 0 Å². The molecule has 1 rings (SSSR count). The summed E-state index contributed by atoms with van der Waals surface area (Å²) in [5, 5.41) is 9.10. The molecule has 0 saturated heterocycles. The van der Waals surface area contributed by atoms with Gasteiger partial charge in [-0.2, -0.15) is 26.3 Å². The number of benzene rings is 1. The third-order valence-electron chi connectivity index (χ3n) is 2.42. The second-order valence-corrected chi connectivity index (χ2v) is 6.35. The lowest BCUT2D eigenvalue weighted by atomic mass is 10.1. The van der Waals surface area contributed by atoms with Gasteiger partial charge in [0.1, 0.15) is 0 Å². The van der Waals surface area contributed by atoms with Crippen LogP contribution in [0.1, 0.15) is 5.56 Å². The standard InChI is InChI=1S/C13H10F6O2S2/c14-12(15,16)22-7-10(23-13(17,18)19)9(11(20)21)6-8-4-2-1-3-5-8/h1-5H,6-7H2,(H,20,21)/b10-9+. The summed E-state index contributed by atoms with van der Waals surface area (Å²) in [5.74, 6) is -2.79. The number of carbonyl (C=O) groups is 1. The van der Waals surface area contributed by atoms with E-state index in [2.05, 4.69) is 0 Å². The molecule has 0 heterocycles. The quantitative estimate of drug-likeness (QED) is 0.555. The maximum Gasteiger partial charge on any atom is 0.446 e. The largest absolute Gasteiger partial charge is 0.478 e. The van der Waals surface area contributed by atoms with E-state index in [1.807, 2.05) is 0 Å². The van der Waals surface area contributed by atoms with E-state index in [1.165, 1.54) is 12.1 Å². The van der Waals surface area contributed by atoms with Gasteiger partial charge in [-0.1, -0.05) is 30.3 Å². The van der Waals surface area contributed by atoms with Gasteiger partial charge in [0.15, 0.2) is 0 Å². The topological polar surface area (TPSA) is 37.3 Å². The monoisotopic (exact) mass is 376 g/mol. The molecule has 0 atom stereocenters. The van der Waals surface area contributed by atoms with E-state index in [9.17, 15) is 31.1 Å². The number of carboxylic acid groups (broad SMARTS) is 1. The highest BCUT2D eigenvalue weighted by atomic mass is 32.2. The Morgan fingerprint density at radius 2 is 1.57 bits per heavy atom. The van der Waals surface area contributed by atoms with Crippen LogP contribution in [0.3, 0.4) is 0 Å². The SMILES string of the molecule is O=C(O)/C(Cc1ccccc1)=C(\CSC(F)(F)F)SC(F)(F)F. The Morgan fingerprint density at radius 3 is 2.00 bits per heavy atom.